The summed E-state index contributed by atoms with van der Waals surface area (Å²) < 4.78 is 22.2. The molecule has 190 valence electrons. The number of amides is 2. The van der Waals surface area contributed by atoms with Gasteiger partial charge in [-0.3, -0.25) is 9.69 Å². The highest BCUT2D eigenvalue weighted by Gasteiger charge is 2.35. The molecule has 2 heterocycles. The Morgan fingerprint density at radius 1 is 1.06 bits per heavy atom. The number of ether oxygens (including phenoxy) is 4. The lowest BCUT2D eigenvalue weighted by Crippen LogP contribution is -2.49. The number of benzene rings is 1. The molecule has 0 unspecified atom stereocenters. The molecule has 0 bridgehead atoms. The van der Waals surface area contributed by atoms with E-state index in [1.807, 2.05) is 43.9 Å². The van der Waals surface area contributed by atoms with Gasteiger partial charge in [-0.15, -0.1) is 0 Å². The predicted molar refractivity (Wildman–Crippen MR) is 128 cm³/mol. The number of carbonyl (C=O) groups is 2. The van der Waals surface area contributed by atoms with E-state index in [0.717, 1.165) is 18.4 Å². The Kier molecular flexibility index (Phi) is 9.41. The van der Waals surface area contributed by atoms with Crippen molar-refractivity contribution in [1.82, 2.24) is 14.7 Å². The number of rotatable bonds is 8. The predicted octanol–water partition coefficient (Wildman–Crippen LogP) is 2.76. The summed E-state index contributed by atoms with van der Waals surface area (Å²) in [4.78, 5) is 31.0. The molecule has 0 radical (unpaired) electrons. The topological polar surface area (TPSA) is 80.8 Å². The third kappa shape index (κ3) is 6.76. The van der Waals surface area contributed by atoms with Gasteiger partial charge in [-0.1, -0.05) is 0 Å². The summed E-state index contributed by atoms with van der Waals surface area (Å²) in [5, 5.41) is 0. The van der Waals surface area contributed by atoms with E-state index in [0.29, 0.717) is 57.4 Å². The molecular weight excluding hydrogens is 438 g/mol. The summed E-state index contributed by atoms with van der Waals surface area (Å²) in [6, 6.07) is 6.03. The summed E-state index contributed by atoms with van der Waals surface area (Å²) in [6.07, 6.45) is 1.24. The van der Waals surface area contributed by atoms with Crippen molar-refractivity contribution in [1.29, 1.82) is 0 Å². The average molecular weight is 478 g/mol. The lowest BCUT2D eigenvalue weighted by atomic mass is 10.0. The van der Waals surface area contributed by atoms with Gasteiger partial charge in [-0.05, 0) is 51.3 Å². The minimum absolute atomic E-state index is 0.0983. The van der Waals surface area contributed by atoms with Crippen LogP contribution in [0.3, 0.4) is 0 Å². The Morgan fingerprint density at radius 2 is 1.71 bits per heavy atom. The van der Waals surface area contributed by atoms with Gasteiger partial charge in [0.1, 0.15) is 11.5 Å². The smallest absolute Gasteiger partial charge is 0.409 e. The molecule has 0 spiro atoms. The van der Waals surface area contributed by atoms with Crippen LogP contribution >= 0.6 is 0 Å². The Bertz CT molecular complexity index is 803. The molecule has 2 saturated heterocycles. The first-order valence-electron chi connectivity index (χ1n) is 12.1. The number of carbonyl (C=O) groups excluding carboxylic acids is 2. The van der Waals surface area contributed by atoms with Crippen molar-refractivity contribution in [2.75, 3.05) is 53.6 Å². The summed E-state index contributed by atoms with van der Waals surface area (Å²) in [5.74, 6) is 1.55. The first-order chi connectivity index (χ1) is 16.3. The molecule has 0 aromatic heterocycles. The maximum atomic E-state index is 13.1. The lowest BCUT2D eigenvalue weighted by molar-refractivity contribution is -0.134. The molecule has 3 rings (SSSR count). The Morgan fingerprint density at radius 3 is 2.26 bits per heavy atom. The quantitative estimate of drug-likeness (QED) is 0.570. The van der Waals surface area contributed by atoms with Gasteiger partial charge in [-0.25, -0.2) is 4.79 Å². The molecule has 1 aromatic carbocycles. The van der Waals surface area contributed by atoms with Crippen molar-refractivity contribution >= 4 is 12.0 Å². The minimum atomic E-state index is -0.256. The first-order valence-corrected chi connectivity index (χ1v) is 12.1. The summed E-state index contributed by atoms with van der Waals surface area (Å²) in [6.45, 7) is 9.52. The number of hydrogen-bond acceptors (Lipinski definition) is 7. The van der Waals surface area contributed by atoms with Crippen molar-refractivity contribution in [2.45, 2.75) is 58.4 Å². The standard InChI is InChI=1S/C25H39N3O6/c1-6-33-25(30)26-9-7-20(8-10-26)27-14-23(15-28(18(2)3)24(29)16-27)34-17-19-11-21(31-4)13-22(12-19)32-5/h11-13,18,20,23H,6-10,14-17H2,1-5H3/t23-/m1/s1. The number of piperidine rings is 1. The van der Waals surface area contributed by atoms with Crippen LogP contribution in [0, 0.1) is 0 Å². The maximum absolute atomic E-state index is 13.1. The van der Waals surface area contributed by atoms with Gasteiger partial charge in [0.05, 0.1) is 40.1 Å². The van der Waals surface area contributed by atoms with Gasteiger partial charge in [0.2, 0.25) is 5.91 Å². The minimum Gasteiger partial charge on any atom is -0.497 e. The molecule has 2 aliphatic heterocycles. The molecule has 2 amide bonds. The first kappa shape index (κ1) is 26.1. The van der Waals surface area contributed by atoms with E-state index in [2.05, 4.69) is 4.90 Å². The molecule has 0 saturated carbocycles. The Labute approximate surface area is 202 Å². The van der Waals surface area contributed by atoms with Crippen molar-refractivity contribution < 1.29 is 28.5 Å². The van der Waals surface area contributed by atoms with Crippen LogP contribution in [-0.2, 0) is 20.9 Å². The summed E-state index contributed by atoms with van der Waals surface area (Å²) >= 11 is 0. The van der Waals surface area contributed by atoms with Gasteiger partial charge >= 0.3 is 6.09 Å². The van der Waals surface area contributed by atoms with Gasteiger partial charge in [0, 0.05) is 44.3 Å². The highest BCUT2D eigenvalue weighted by atomic mass is 16.6. The zero-order valence-corrected chi connectivity index (χ0v) is 21.1. The molecular formula is C25H39N3O6. The van der Waals surface area contributed by atoms with Gasteiger partial charge in [-0.2, -0.15) is 0 Å². The van der Waals surface area contributed by atoms with E-state index in [4.69, 9.17) is 18.9 Å². The van der Waals surface area contributed by atoms with Crippen LogP contribution in [0.5, 0.6) is 11.5 Å². The van der Waals surface area contributed by atoms with E-state index < -0.39 is 0 Å². The fourth-order valence-corrected chi connectivity index (χ4v) is 4.64. The highest BCUT2D eigenvalue weighted by Crippen LogP contribution is 2.25. The molecule has 2 fully saturated rings. The second kappa shape index (κ2) is 12.3. The van der Waals surface area contributed by atoms with Crippen molar-refractivity contribution in [3.8, 4) is 11.5 Å². The third-order valence-corrected chi connectivity index (χ3v) is 6.52. The normalized spacial score (nSPS) is 20.4. The van der Waals surface area contributed by atoms with Crippen LogP contribution in [0.1, 0.15) is 39.2 Å². The van der Waals surface area contributed by atoms with E-state index in [1.165, 1.54) is 0 Å². The number of likely N-dealkylation sites (tertiary alicyclic amines) is 1. The number of nitrogens with zero attached hydrogens (tertiary/aromatic N) is 3. The van der Waals surface area contributed by atoms with Gasteiger partial charge < -0.3 is 28.7 Å². The molecule has 1 aromatic rings. The van der Waals surface area contributed by atoms with Crippen molar-refractivity contribution in [3.63, 3.8) is 0 Å². The lowest BCUT2D eigenvalue weighted by Gasteiger charge is -2.38. The zero-order chi connectivity index (χ0) is 24.7. The highest BCUT2D eigenvalue weighted by molar-refractivity contribution is 5.79. The molecule has 34 heavy (non-hydrogen) atoms. The molecule has 0 aliphatic carbocycles. The van der Waals surface area contributed by atoms with Gasteiger partial charge in [0.15, 0.2) is 0 Å². The van der Waals surface area contributed by atoms with Crippen molar-refractivity contribution in [2.24, 2.45) is 0 Å². The van der Waals surface area contributed by atoms with E-state index in [1.54, 1.807) is 19.1 Å². The second-order valence-corrected chi connectivity index (χ2v) is 9.14. The molecule has 9 nitrogen and oxygen atoms in total. The molecule has 2 aliphatic rings. The monoisotopic (exact) mass is 477 g/mol. The second-order valence-electron chi connectivity index (χ2n) is 9.14. The number of hydrogen-bond donors (Lipinski definition) is 0. The SMILES string of the molecule is CCOC(=O)N1CCC(N2CC(=O)N(C(C)C)C[C@H](OCc3cc(OC)cc(OC)c3)C2)CC1. The van der Waals surface area contributed by atoms with Crippen LogP contribution in [0.4, 0.5) is 4.79 Å². The van der Waals surface area contributed by atoms with Crippen LogP contribution in [0.15, 0.2) is 18.2 Å². The van der Waals surface area contributed by atoms with Crippen molar-refractivity contribution in [3.05, 3.63) is 23.8 Å². The van der Waals surface area contributed by atoms with Crippen LogP contribution in [0.2, 0.25) is 0 Å². The van der Waals surface area contributed by atoms with E-state index >= 15 is 0 Å². The van der Waals surface area contributed by atoms with Crippen LogP contribution < -0.4 is 9.47 Å². The van der Waals surface area contributed by atoms with E-state index in [9.17, 15) is 9.59 Å². The average Bonchev–Trinajstić information content (AvgIpc) is 3.01. The summed E-state index contributed by atoms with van der Waals surface area (Å²) in [7, 11) is 3.25. The fourth-order valence-electron chi connectivity index (χ4n) is 4.64. The van der Waals surface area contributed by atoms with Crippen LogP contribution in [-0.4, -0.2) is 98.4 Å². The van der Waals surface area contributed by atoms with Gasteiger partial charge in [0.25, 0.3) is 0 Å². The molecule has 0 N–H and O–H groups in total. The maximum Gasteiger partial charge on any atom is 0.409 e. The fraction of sp³-hybridized carbons (Fsp3) is 0.680. The zero-order valence-electron chi connectivity index (χ0n) is 21.1. The van der Waals surface area contributed by atoms with E-state index in [-0.39, 0.29) is 30.2 Å². The largest absolute Gasteiger partial charge is 0.497 e. The van der Waals surface area contributed by atoms with Crippen LogP contribution in [0.25, 0.3) is 0 Å². The Hall–Kier alpha value is -2.52. The Balaban J connectivity index is 1.68. The molecule has 9 heteroatoms. The third-order valence-electron chi connectivity index (χ3n) is 6.52. The number of methoxy groups -OCH3 is 2. The molecule has 1 atom stereocenters. The summed E-state index contributed by atoms with van der Waals surface area (Å²) in [5.41, 5.74) is 0.956.